The highest BCUT2D eigenvalue weighted by molar-refractivity contribution is 7.16. The van der Waals surface area contributed by atoms with Gasteiger partial charge in [-0.15, -0.1) is 10.2 Å². The number of carbonyl (C=O) groups excluding carboxylic acids is 2. The van der Waals surface area contributed by atoms with Crippen molar-refractivity contribution < 1.29 is 9.59 Å². The molecule has 8 heteroatoms. The largest absolute Gasteiger partial charge is 0.374 e. The fourth-order valence-electron chi connectivity index (χ4n) is 1.03. The SMILES string of the molecule is NC(=O)CCCCNC(=O)c1nnc(N)s1. The molecule has 0 fully saturated rings. The third kappa shape index (κ3) is 4.22. The van der Waals surface area contributed by atoms with E-state index in [4.69, 9.17) is 11.5 Å². The quantitative estimate of drug-likeness (QED) is 0.581. The van der Waals surface area contributed by atoms with Crippen LogP contribution in [0.1, 0.15) is 29.1 Å². The van der Waals surface area contributed by atoms with Gasteiger partial charge < -0.3 is 16.8 Å². The lowest BCUT2D eigenvalue weighted by Crippen LogP contribution is -2.24. The smallest absolute Gasteiger partial charge is 0.282 e. The van der Waals surface area contributed by atoms with Crippen LogP contribution in [0.3, 0.4) is 0 Å². The summed E-state index contributed by atoms with van der Waals surface area (Å²) in [6, 6.07) is 0. The van der Waals surface area contributed by atoms with E-state index in [0.29, 0.717) is 25.8 Å². The third-order valence-corrected chi connectivity index (χ3v) is 2.52. The fraction of sp³-hybridized carbons (Fsp3) is 0.500. The first-order chi connectivity index (χ1) is 7.59. The maximum atomic E-state index is 11.4. The number of hydrogen-bond donors (Lipinski definition) is 3. The third-order valence-electron chi connectivity index (χ3n) is 1.77. The van der Waals surface area contributed by atoms with Crippen LogP contribution in [0.4, 0.5) is 5.13 Å². The van der Waals surface area contributed by atoms with Crippen LogP contribution in [0.25, 0.3) is 0 Å². The molecule has 7 nitrogen and oxygen atoms in total. The van der Waals surface area contributed by atoms with Crippen molar-refractivity contribution in [2.24, 2.45) is 5.73 Å². The Morgan fingerprint density at radius 1 is 1.31 bits per heavy atom. The van der Waals surface area contributed by atoms with Crippen LogP contribution in [0.2, 0.25) is 0 Å². The summed E-state index contributed by atoms with van der Waals surface area (Å²) in [5.41, 5.74) is 10.3. The zero-order valence-electron chi connectivity index (χ0n) is 8.60. The summed E-state index contributed by atoms with van der Waals surface area (Å²) in [5, 5.41) is 10.3. The molecule has 2 amide bonds. The van der Waals surface area contributed by atoms with Crippen LogP contribution in [-0.2, 0) is 4.79 Å². The van der Waals surface area contributed by atoms with Crippen molar-refractivity contribution in [2.75, 3.05) is 12.3 Å². The number of hydrogen-bond acceptors (Lipinski definition) is 6. The van der Waals surface area contributed by atoms with Crippen LogP contribution in [0.5, 0.6) is 0 Å². The van der Waals surface area contributed by atoms with Gasteiger partial charge in [0.05, 0.1) is 0 Å². The molecule has 1 heterocycles. The molecular weight excluding hydrogens is 230 g/mol. The lowest BCUT2D eigenvalue weighted by atomic mass is 10.2. The summed E-state index contributed by atoms with van der Waals surface area (Å²) in [4.78, 5) is 21.8. The molecular formula is C8H13N5O2S. The van der Waals surface area contributed by atoms with Crippen LogP contribution in [-0.4, -0.2) is 28.6 Å². The monoisotopic (exact) mass is 243 g/mol. The fourth-order valence-corrected chi connectivity index (χ4v) is 1.55. The maximum Gasteiger partial charge on any atom is 0.282 e. The zero-order chi connectivity index (χ0) is 12.0. The minimum atomic E-state index is -0.330. The minimum absolute atomic E-state index is 0.243. The molecule has 0 aliphatic rings. The van der Waals surface area contributed by atoms with E-state index in [2.05, 4.69) is 15.5 Å². The van der Waals surface area contributed by atoms with Crippen molar-refractivity contribution in [2.45, 2.75) is 19.3 Å². The molecule has 0 saturated carbocycles. The number of rotatable bonds is 6. The Labute approximate surface area is 96.2 Å². The van der Waals surface area contributed by atoms with E-state index < -0.39 is 0 Å². The number of nitrogens with two attached hydrogens (primary N) is 2. The van der Waals surface area contributed by atoms with Crippen molar-refractivity contribution in [1.29, 1.82) is 0 Å². The Bertz CT molecular complexity index is 378. The highest BCUT2D eigenvalue weighted by atomic mass is 32.1. The van der Waals surface area contributed by atoms with Crippen molar-refractivity contribution in [3.05, 3.63) is 5.01 Å². The van der Waals surface area contributed by atoms with Gasteiger partial charge in [0.25, 0.3) is 5.91 Å². The average Bonchev–Trinajstić information content (AvgIpc) is 2.63. The second-order valence-corrected chi connectivity index (χ2v) is 4.13. The number of unbranched alkanes of at least 4 members (excludes halogenated alkanes) is 1. The predicted octanol–water partition coefficient (Wildman–Crippen LogP) is -0.494. The summed E-state index contributed by atoms with van der Waals surface area (Å²) in [6.45, 7) is 0.478. The van der Waals surface area contributed by atoms with Gasteiger partial charge in [0.15, 0.2) is 0 Å². The zero-order valence-corrected chi connectivity index (χ0v) is 9.42. The molecule has 0 saturated heterocycles. The van der Waals surface area contributed by atoms with Gasteiger partial charge in [-0.2, -0.15) is 0 Å². The van der Waals surface area contributed by atoms with Crippen molar-refractivity contribution in [3.8, 4) is 0 Å². The molecule has 1 aromatic rings. The summed E-state index contributed by atoms with van der Waals surface area (Å²) < 4.78 is 0. The summed E-state index contributed by atoms with van der Waals surface area (Å²) >= 11 is 1.03. The van der Waals surface area contributed by atoms with Crippen LogP contribution in [0.15, 0.2) is 0 Å². The van der Waals surface area contributed by atoms with E-state index in [1.54, 1.807) is 0 Å². The highest BCUT2D eigenvalue weighted by Gasteiger charge is 2.10. The van der Waals surface area contributed by atoms with E-state index in [0.717, 1.165) is 11.3 Å². The highest BCUT2D eigenvalue weighted by Crippen LogP contribution is 2.10. The topological polar surface area (TPSA) is 124 Å². The van der Waals surface area contributed by atoms with Crippen LogP contribution in [0, 0.1) is 0 Å². The van der Waals surface area contributed by atoms with E-state index in [1.807, 2.05) is 0 Å². The lowest BCUT2D eigenvalue weighted by molar-refractivity contribution is -0.118. The molecule has 0 unspecified atom stereocenters. The molecule has 88 valence electrons. The number of nitrogen functional groups attached to an aromatic ring is 1. The Balaban J connectivity index is 2.18. The summed E-state index contributed by atoms with van der Waals surface area (Å²) in [6.07, 6.45) is 1.69. The first kappa shape index (κ1) is 12.4. The summed E-state index contributed by atoms with van der Waals surface area (Å²) in [7, 11) is 0. The number of anilines is 1. The first-order valence-corrected chi connectivity index (χ1v) is 5.56. The molecule has 0 radical (unpaired) electrons. The first-order valence-electron chi connectivity index (χ1n) is 4.75. The van der Waals surface area contributed by atoms with Gasteiger partial charge in [0.2, 0.25) is 16.0 Å². The standard InChI is InChI=1S/C8H13N5O2S/c9-5(14)3-1-2-4-11-6(15)7-12-13-8(10)16-7/h1-4H2,(H2,9,14)(H2,10,13)(H,11,15). The van der Waals surface area contributed by atoms with E-state index in [1.165, 1.54) is 0 Å². The number of aromatic nitrogens is 2. The molecule has 16 heavy (non-hydrogen) atoms. The van der Waals surface area contributed by atoms with Gasteiger partial charge in [-0.25, -0.2) is 0 Å². The molecule has 5 N–H and O–H groups in total. The predicted molar refractivity (Wildman–Crippen MR) is 59.7 cm³/mol. The van der Waals surface area contributed by atoms with E-state index in [-0.39, 0.29) is 22.0 Å². The molecule has 1 rings (SSSR count). The van der Waals surface area contributed by atoms with Crippen LogP contribution < -0.4 is 16.8 Å². The molecule has 0 aliphatic heterocycles. The van der Waals surface area contributed by atoms with Gasteiger partial charge in [-0.1, -0.05) is 11.3 Å². The van der Waals surface area contributed by atoms with Gasteiger partial charge in [-0.05, 0) is 12.8 Å². The van der Waals surface area contributed by atoms with Gasteiger partial charge in [0.1, 0.15) is 0 Å². The molecule has 0 aliphatic carbocycles. The second kappa shape index (κ2) is 6.01. The van der Waals surface area contributed by atoms with E-state index in [9.17, 15) is 9.59 Å². The number of primary amides is 1. The summed E-state index contributed by atoms with van der Waals surface area (Å²) in [5.74, 6) is -0.628. The van der Waals surface area contributed by atoms with E-state index >= 15 is 0 Å². The average molecular weight is 243 g/mol. The molecule has 0 bridgehead atoms. The van der Waals surface area contributed by atoms with Gasteiger partial charge in [-0.3, -0.25) is 9.59 Å². The normalized spacial score (nSPS) is 10.0. The molecule has 0 aromatic carbocycles. The van der Waals surface area contributed by atoms with Gasteiger partial charge >= 0.3 is 0 Å². The number of amides is 2. The minimum Gasteiger partial charge on any atom is -0.374 e. The number of nitrogens with one attached hydrogen (secondary N) is 1. The lowest BCUT2D eigenvalue weighted by Gasteiger charge is -2.01. The van der Waals surface area contributed by atoms with Crippen molar-refractivity contribution >= 4 is 28.3 Å². The Morgan fingerprint density at radius 2 is 2.06 bits per heavy atom. The maximum absolute atomic E-state index is 11.4. The van der Waals surface area contributed by atoms with Crippen molar-refractivity contribution in [3.63, 3.8) is 0 Å². The molecule has 0 spiro atoms. The Morgan fingerprint density at radius 3 is 2.62 bits per heavy atom. The number of carbonyl (C=O) groups is 2. The molecule has 0 atom stereocenters. The van der Waals surface area contributed by atoms with Crippen LogP contribution >= 0.6 is 11.3 Å². The van der Waals surface area contributed by atoms with Crippen molar-refractivity contribution in [1.82, 2.24) is 15.5 Å². The van der Waals surface area contributed by atoms with Gasteiger partial charge in [0, 0.05) is 13.0 Å². The Kier molecular flexibility index (Phi) is 4.65. The second-order valence-electron chi connectivity index (χ2n) is 3.12. The number of nitrogens with zero attached hydrogens (tertiary/aromatic N) is 2. The molecule has 1 aromatic heterocycles. The Hall–Kier alpha value is -1.70.